The minimum Gasteiger partial charge on any atom is -0.484 e. The Balaban J connectivity index is 1.34. The Bertz CT molecular complexity index is 1010. The van der Waals surface area contributed by atoms with Gasteiger partial charge in [-0.15, -0.1) is 21.5 Å². The molecule has 0 aliphatic heterocycles. The van der Waals surface area contributed by atoms with E-state index in [0.29, 0.717) is 33.5 Å². The number of oxazole rings is 1. The van der Waals surface area contributed by atoms with E-state index >= 15 is 0 Å². The lowest BCUT2D eigenvalue weighted by Crippen LogP contribution is -1.95. The van der Waals surface area contributed by atoms with Crippen molar-refractivity contribution in [2.75, 3.05) is 0 Å². The van der Waals surface area contributed by atoms with E-state index in [-0.39, 0.29) is 6.61 Å². The number of thioether (sulfide) groups is 1. The smallest absolute Gasteiger partial charge is 0.277 e. The lowest BCUT2D eigenvalue weighted by molar-refractivity contribution is 0.252. The molecule has 0 saturated carbocycles. The van der Waals surface area contributed by atoms with Gasteiger partial charge in [-0.3, -0.25) is 0 Å². The number of nitrogens with zero attached hydrogens (tertiary/aromatic N) is 3. The van der Waals surface area contributed by atoms with Crippen molar-refractivity contribution in [2.45, 2.75) is 24.5 Å². The van der Waals surface area contributed by atoms with Crippen molar-refractivity contribution in [1.29, 1.82) is 0 Å². The maximum Gasteiger partial charge on any atom is 0.277 e. The van der Waals surface area contributed by atoms with Crippen LogP contribution in [0.25, 0.3) is 10.8 Å². The summed E-state index contributed by atoms with van der Waals surface area (Å²) in [5, 5.41) is 11.1. The zero-order chi connectivity index (χ0) is 18.6. The topological polar surface area (TPSA) is 74.2 Å². The second-order valence-corrected chi connectivity index (χ2v) is 7.80. The average Bonchev–Trinajstić information content (AvgIpc) is 3.41. The molecule has 3 aromatic heterocycles. The van der Waals surface area contributed by atoms with Gasteiger partial charge in [-0.05, 0) is 42.6 Å². The summed E-state index contributed by atoms with van der Waals surface area (Å²) in [5.74, 6) is 3.10. The van der Waals surface area contributed by atoms with Crippen LogP contribution in [-0.4, -0.2) is 15.2 Å². The van der Waals surface area contributed by atoms with Gasteiger partial charge in [0.2, 0.25) is 5.89 Å². The third-order valence-corrected chi connectivity index (χ3v) is 5.52. The summed E-state index contributed by atoms with van der Waals surface area (Å²) >= 11 is 8.85. The molecule has 1 aromatic carbocycles. The first-order valence-electron chi connectivity index (χ1n) is 8.01. The van der Waals surface area contributed by atoms with Crippen molar-refractivity contribution in [3.05, 3.63) is 64.1 Å². The van der Waals surface area contributed by atoms with Gasteiger partial charge in [-0.2, -0.15) is 0 Å². The van der Waals surface area contributed by atoms with Crippen molar-refractivity contribution >= 4 is 34.7 Å². The Morgan fingerprint density at radius 3 is 2.78 bits per heavy atom. The molecule has 0 aliphatic carbocycles. The highest BCUT2D eigenvalue weighted by Gasteiger charge is 2.14. The van der Waals surface area contributed by atoms with E-state index in [1.807, 2.05) is 24.4 Å². The zero-order valence-electron chi connectivity index (χ0n) is 14.2. The van der Waals surface area contributed by atoms with Gasteiger partial charge in [-0.1, -0.05) is 29.4 Å². The van der Waals surface area contributed by atoms with Gasteiger partial charge in [0, 0.05) is 10.8 Å². The molecule has 27 heavy (non-hydrogen) atoms. The fourth-order valence-corrected chi connectivity index (χ4v) is 3.79. The molecule has 0 radical (unpaired) electrons. The maximum absolute atomic E-state index is 5.85. The van der Waals surface area contributed by atoms with E-state index in [9.17, 15) is 0 Å². The SMILES string of the molecule is Cc1oc(-c2cccs2)nc1CSc1nnc(COc2ccc(Cl)cc2)o1. The number of hydrogen-bond donors (Lipinski definition) is 0. The van der Waals surface area contributed by atoms with Crippen molar-refractivity contribution < 1.29 is 13.6 Å². The van der Waals surface area contributed by atoms with Crippen LogP contribution in [0.2, 0.25) is 5.02 Å². The molecule has 0 spiro atoms. The number of aryl methyl sites for hydroxylation is 1. The van der Waals surface area contributed by atoms with Crippen LogP contribution in [0, 0.1) is 6.92 Å². The summed E-state index contributed by atoms with van der Waals surface area (Å²) in [6.07, 6.45) is 0. The molecule has 138 valence electrons. The van der Waals surface area contributed by atoms with Gasteiger partial charge in [-0.25, -0.2) is 4.98 Å². The van der Waals surface area contributed by atoms with E-state index in [1.165, 1.54) is 11.8 Å². The van der Waals surface area contributed by atoms with Crippen LogP contribution in [0.1, 0.15) is 17.3 Å². The summed E-state index contributed by atoms with van der Waals surface area (Å²) in [5.41, 5.74) is 0.862. The predicted octanol–water partition coefficient (Wildman–Crippen LogP) is 5.62. The highest BCUT2D eigenvalue weighted by molar-refractivity contribution is 7.98. The van der Waals surface area contributed by atoms with Crippen molar-refractivity contribution in [1.82, 2.24) is 15.2 Å². The lowest BCUT2D eigenvalue weighted by atomic mass is 10.3. The van der Waals surface area contributed by atoms with Gasteiger partial charge >= 0.3 is 0 Å². The maximum atomic E-state index is 5.85. The van der Waals surface area contributed by atoms with Crippen molar-refractivity contribution in [2.24, 2.45) is 0 Å². The Hall–Kier alpha value is -2.29. The molecule has 0 bridgehead atoms. The first-order chi connectivity index (χ1) is 13.2. The molecule has 0 atom stereocenters. The number of rotatable bonds is 7. The summed E-state index contributed by atoms with van der Waals surface area (Å²) in [6, 6.07) is 11.0. The third kappa shape index (κ3) is 4.52. The number of halogens is 1. The van der Waals surface area contributed by atoms with Gasteiger partial charge < -0.3 is 13.6 Å². The molecule has 0 unspecified atom stereocenters. The third-order valence-electron chi connectivity index (χ3n) is 3.58. The number of hydrogen-bond acceptors (Lipinski definition) is 8. The molecule has 0 fully saturated rings. The average molecular weight is 420 g/mol. The van der Waals surface area contributed by atoms with Crippen LogP contribution in [0.5, 0.6) is 5.75 Å². The normalized spacial score (nSPS) is 11.0. The standard InChI is InChI=1S/C18H14ClN3O3S2/c1-11-14(20-17(24-11)15-3-2-8-26-15)10-27-18-22-21-16(25-18)9-23-13-6-4-12(19)5-7-13/h2-8H,9-10H2,1H3. The highest BCUT2D eigenvalue weighted by Crippen LogP contribution is 2.29. The van der Waals surface area contributed by atoms with E-state index < -0.39 is 0 Å². The zero-order valence-corrected chi connectivity index (χ0v) is 16.6. The van der Waals surface area contributed by atoms with Crippen LogP contribution in [0.4, 0.5) is 0 Å². The summed E-state index contributed by atoms with van der Waals surface area (Å²) < 4.78 is 16.9. The Morgan fingerprint density at radius 2 is 2.00 bits per heavy atom. The molecule has 4 rings (SSSR count). The second kappa shape index (κ2) is 8.16. The molecule has 0 aliphatic rings. The molecule has 6 nitrogen and oxygen atoms in total. The fraction of sp³-hybridized carbons (Fsp3) is 0.167. The monoisotopic (exact) mass is 419 g/mol. The quantitative estimate of drug-likeness (QED) is 0.360. The first-order valence-corrected chi connectivity index (χ1v) is 10.3. The van der Waals surface area contributed by atoms with E-state index in [1.54, 1.807) is 35.6 Å². The lowest BCUT2D eigenvalue weighted by Gasteiger charge is -2.02. The summed E-state index contributed by atoms with van der Waals surface area (Å²) in [4.78, 5) is 5.56. The molecule has 0 N–H and O–H groups in total. The molecule has 4 aromatic rings. The second-order valence-electron chi connectivity index (χ2n) is 5.49. The van der Waals surface area contributed by atoms with Crippen LogP contribution < -0.4 is 4.74 Å². The first kappa shape index (κ1) is 18.1. The predicted molar refractivity (Wildman–Crippen MR) is 104 cm³/mol. The van der Waals surface area contributed by atoms with Crippen LogP contribution in [-0.2, 0) is 12.4 Å². The van der Waals surface area contributed by atoms with Crippen molar-refractivity contribution in [3.8, 4) is 16.5 Å². The minimum absolute atomic E-state index is 0.195. The Kier molecular flexibility index (Phi) is 5.47. The van der Waals surface area contributed by atoms with E-state index in [2.05, 4.69) is 15.2 Å². The van der Waals surface area contributed by atoms with E-state index in [0.717, 1.165) is 16.3 Å². The summed E-state index contributed by atoms with van der Waals surface area (Å²) in [7, 11) is 0. The fourth-order valence-electron chi connectivity index (χ4n) is 2.23. The molecule has 0 saturated heterocycles. The molecular weight excluding hydrogens is 406 g/mol. The Labute approximate surface area is 168 Å². The van der Waals surface area contributed by atoms with Crippen LogP contribution in [0.3, 0.4) is 0 Å². The number of thiophene rings is 1. The van der Waals surface area contributed by atoms with Crippen LogP contribution in [0.15, 0.2) is 55.8 Å². The van der Waals surface area contributed by atoms with Crippen molar-refractivity contribution in [3.63, 3.8) is 0 Å². The van der Waals surface area contributed by atoms with Gasteiger partial charge in [0.25, 0.3) is 11.1 Å². The largest absolute Gasteiger partial charge is 0.484 e. The number of aromatic nitrogens is 3. The number of benzene rings is 1. The molecule has 9 heteroatoms. The Morgan fingerprint density at radius 1 is 1.15 bits per heavy atom. The molecule has 3 heterocycles. The van der Waals surface area contributed by atoms with Gasteiger partial charge in [0.15, 0.2) is 6.61 Å². The van der Waals surface area contributed by atoms with Gasteiger partial charge in [0.05, 0.1) is 10.6 Å². The summed E-state index contributed by atoms with van der Waals surface area (Å²) in [6.45, 7) is 2.10. The van der Waals surface area contributed by atoms with Crippen LogP contribution >= 0.6 is 34.7 Å². The van der Waals surface area contributed by atoms with E-state index in [4.69, 9.17) is 25.2 Å². The molecule has 0 amide bonds. The number of ether oxygens (including phenoxy) is 1. The highest BCUT2D eigenvalue weighted by atomic mass is 35.5. The minimum atomic E-state index is 0.195. The van der Waals surface area contributed by atoms with Gasteiger partial charge in [0.1, 0.15) is 11.5 Å². The molecular formula is C18H14ClN3O3S2.